The van der Waals surface area contributed by atoms with Gasteiger partial charge < -0.3 is 9.64 Å². The van der Waals surface area contributed by atoms with Crippen LogP contribution in [0.4, 0.5) is 23.2 Å². The zero-order valence-electron chi connectivity index (χ0n) is 15.7. The SMILES string of the molecule is CCN(C)/C=N/c1ccc(C(=O)OCc2cccc(C(F)(F)F)c2)c(F)c1C. The lowest BCUT2D eigenvalue weighted by Crippen LogP contribution is -2.14. The van der Waals surface area contributed by atoms with Crippen molar-refractivity contribution in [3.8, 4) is 0 Å². The number of nitrogens with zero attached hydrogens (tertiary/aromatic N) is 2. The van der Waals surface area contributed by atoms with Crippen LogP contribution in [0.3, 0.4) is 0 Å². The number of rotatable bonds is 6. The van der Waals surface area contributed by atoms with Gasteiger partial charge in [0.15, 0.2) is 0 Å². The summed E-state index contributed by atoms with van der Waals surface area (Å²) < 4.78 is 57.7. The van der Waals surface area contributed by atoms with E-state index >= 15 is 0 Å². The van der Waals surface area contributed by atoms with Gasteiger partial charge in [0.05, 0.1) is 23.2 Å². The molecule has 0 bridgehead atoms. The number of aliphatic imine (C=N–C) groups is 1. The number of hydrogen-bond acceptors (Lipinski definition) is 3. The Bertz CT molecular complexity index is 879. The molecule has 0 fully saturated rings. The van der Waals surface area contributed by atoms with Crippen molar-refractivity contribution in [3.05, 3.63) is 64.5 Å². The lowest BCUT2D eigenvalue weighted by atomic mass is 10.1. The number of carbonyl (C=O) groups excluding carboxylic acids is 1. The molecule has 0 aliphatic rings. The number of ether oxygens (including phenoxy) is 1. The molecule has 0 aromatic heterocycles. The summed E-state index contributed by atoms with van der Waals surface area (Å²) in [5.41, 5.74) is -0.444. The molecule has 0 saturated heterocycles. The van der Waals surface area contributed by atoms with Gasteiger partial charge in [0, 0.05) is 19.2 Å². The van der Waals surface area contributed by atoms with E-state index in [-0.39, 0.29) is 16.7 Å². The third kappa shape index (κ3) is 5.31. The van der Waals surface area contributed by atoms with Crippen LogP contribution in [0.5, 0.6) is 0 Å². The molecule has 0 spiro atoms. The average molecular weight is 396 g/mol. The second-order valence-electron chi connectivity index (χ2n) is 6.16. The van der Waals surface area contributed by atoms with Crippen molar-refractivity contribution < 1.29 is 27.1 Å². The number of alkyl halides is 3. The van der Waals surface area contributed by atoms with Gasteiger partial charge in [0.2, 0.25) is 0 Å². The molecule has 0 unspecified atom stereocenters. The van der Waals surface area contributed by atoms with Crippen LogP contribution in [0.25, 0.3) is 0 Å². The summed E-state index contributed by atoms with van der Waals surface area (Å²) in [4.78, 5) is 18.1. The summed E-state index contributed by atoms with van der Waals surface area (Å²) >= 11 is 0. The number of carbonyl (C=O) groups is 1. The first-order valence-electron chi connectivity index (χ1n) is 8.50. The van der Waals surface area contributed by atoms with Gasteiger partial charge in [-0.2, -0.15) is 13.2 Å². The Morgan fingerprint density at radius 1 is 1.25 bits per heavy atom. The van der Waals surface area contributed by atoms with Crippen molar-refractivity contribution in [1.29, 1.82) is 0 Å². The lowest BCUT2D eigenvalue weighted by molar-refractivity contribution is -0.137. The highest BCUT2D eigenvalue weighted by Crippen LogP contribution is 2.30. The molecule has 0 aliphatic heterocycles. The van der Waals surface area contributed by atoms with Gasteiger partial charge in [-0.25, -0.2) is 14.2 Å². The summed E-state index contributed by atoms with van der Waals surface area (Å²) in [6.45, 7) is 3.74. The van der Waals surface area contributed by atoms with E-state index < -0.39 is 30.1 Å². The van der Waals surface area contributed by atoms with Gasteiger partial charge in [0.25, 0.3) is 0 Å². The highest BCUT2D eigenvalue weighted by atomic mass is 19.4. The fourth-order valence-electron chi connectivity index (χ4n) is 2.28. The van der Waals surface area contributed by atoms with Crippen molar-refractivity contribution in [2.45, 2.75) is 26.6 Å². The quantitative estimate of drug-likeness (QED) is 0.295. The van der Waals surface area contributed by atoms with E-state index in [1.807, 2.05) is 14.0 Å². The average Bonchev–Trinajstić information content (AvgIpc) is 2.66. The third-order valence-corrected chi connectivity index (χ3v) is 4.09. The van der Waals surface area contributed by atoms with E-state index in [1.54, 1.807) is 11.2 Å². The molecule has 0 heterocycles. The lowest BCUT2D eigenvalue weighted by Gasteiger charge is -2.11. The Kier molecular flexibility index (Phi) is 6.77. The van der Waals surface area contributed by atoms with Crippen LogP contribution >= 0.6 is 0 Å². The Balaban J connectivity index is 2.13. The largest absolute Gasteiger partial charge is 0.457 e. The van der Waals surface area contributed by atoms with Gasteiger partial charge in [-0.1, -0.05) is 12.1 Å². The smallest absolute Gasteiger partial charge is 0.416 e. The Hall–Kier alpha value is -2.90. The molecule has 150 valence electrons. The van der Waals surface area contributed by atoms with Gasteiger partial charge in [-0.3, -0.25) is 0 Å². The summed E-state index contributed by atoms with van der Waals surface area (Å²) in [6, 6.07) is 7.15. The molecule has 2 aromatic carbocycles. The molecule has 0 saturated carbocycles. The van der Waals surface area contributed by atoms with E-state index in [1.165, 1.54) is 31.2 Å². The third-order valence-electron chi connectivity index (χ3n) is 4.09. The highest BCUT2D eigenvalue weighted by Gasteiger charge is 2.30. The summed E-state index contributed by atoms with van der Waals surface area (Å²) in [7, 11) is 1.81. The number of halogens is 4. The molecule has 2 aromatic rings. The Morgan fingerprint density at radius 3 is 2.61 bits per heavy atom. The standard InChI is InChI=1S/C20H20F4N2O2/c1-4-26(3)12-25-17-9-8-16(18(21)13(17)2)19(27)28-11-14-6-5-7-15(10-14)20(22,23)24/h5-10,12H,4,11H2,1-3H3/b25-12+. The van der Waals surface area contributed by atoms with Crippen LogP contribution in [-0.4, -0.2) is 30.8 Å². The zero-order valence-corrected chi connectivity index (χ0v) is 15.7. The predicted molar refractivity (Wildman–Crippen MR) is 98.2 cm³/mol. The van der Waals surface area contributed by atoms with E-state index in [4.69, 9.17) is 4.74 Å². The normalized spacial score (nSPS) is 11.7. The number of benzene rings is 2. The van der Waals surface area contributed by atoms with Crippen LogP contribution in [0.1, 0.15) is 34.0 Å². The Morgan fingerprint density at radius 2 is 1.96 bits per heavy atom. The topological polar surface area (TPSA) is 41.9 Å². The summed E-state index contributed by atoms with van der Waals surface area (Å²) in [5.74, 6) is -1.73. The summed E-state index contributed by atoms with van der Waals surface area (Å²) in [5, 5.41) is 0. The first kappa shape index (κ1) is 21.4. The van der Waals surface area contributed by atoms with E-state index in [2.05, 4.69) is 4.99 Å². The van der Waals surface area contributed by atoms with E-state index in [9.17, 15) is 22.4 Å². The minimum absolute atomic E-state index is 0.157. The molecular weight excluding hydrogens is 376 g/mol. The first-order valence-corrected chi connectivity index (χ1v) is 8.50. The second-order valence-corrected chi connectivity index (χ2v) is 6.16. The molecule has 0 N–H and O–H groups in total. The molecule has 28 heavy (non-hydrogen) atoms. The molecule has 8 heteroatoms. The van der Waals surface area contributed by atoms with E-state index in [0.717, 1.165) is 18.7 Å². The van der Waals surface area contributed by atoms with Gasteiger partial charge >= 0.3 is 12.1 Å². The van der Waals surface area contributed by atoms with Crippen molar-refractivity contribution in [3.63, 3.8) is 0 Å². The predicted octanol–water partition coefficient (Wildman–Crippen LogP) is 5.12. The van der Waals surface area contributed by atoms with Crippen LogP contribution in [-0.2, 0) is 17.5 Å². The number of hydrogen-bond donors (Lipinski definition) is 0. The van der Waals surface area contributed by atoms with Crippen molar-refractivity contribution in [1.82, 2.24) is 4.90 Å². The molecule has 0 radical (unpaired) electrons. The van der Waals surface area contributed by atoms with Crippen molar-refractivity contribution >= 4 is 18.0 Å². The van der Waals surface area contributed by atoms with Crippen LogP contribution in [0.2, 0.25) is 0 Å². The van der Waals surface area contributed by atoms with Crippen molar-refractivity contribution in [2.75, 3.05) is 13.6 Å². The maximum absolute atomic E-state index is 14.5. The second kappa shape index (κ2) is 8.86. The van der Waals surface area contributed by atoms with Crippen LogP contribution < -0.4 is 0 Å². The molecule has 0 atom stereocenters. The molecule has 0 aliphatic carbocycles. The molecule has 4 nitrogen and oxygen atoms in total. The monoisotopic (exact) mass is 396 g/mol. The van der Waals surface area contributed by atoms with Gasteiger partial charge in [0.1, 0.15) is 12.4 Å². The van der Waals surface area contributed by atoms with Crippen molar-refractivity contribution in [2.24, 2.45) is 4.99 Å². The van der Waals surface area contributed by atoms with Crippen LogP contribution in [0, 0.1) is 12.7 Å². The fraction of sp³-hybridized carbons (Fsp3) is 0.300. The first-order chi connectivity index (χ1) is 13.1. The van der Waals surface area contributed by atoms with Crippen LogP contribution in [0.15, 0.2) is 41.4 Å². The highest BCUT2D eigenvalue weighted by molar-refractivity contribution is 5.90. The van der Waals surface area contributed by atoms with Gasteiger partial charge in [-0.05, 0) is 43.7 Å². The minimum atomic E-state index is -4.49. The fourth-order valence-corrected chi connectivity index (χ4v) is 2.28. The molecule has 0 amide bonds. The molecular formula is C20H20F4N2O2. The van der Waals surface area contributed by atoms with E-state index in [0.29, 0.717) is 5.69 Å². The summed E-state index contributed by atoms with van der Waals surface area (Å²) in [6.07, 6.45) is -2.95. The maximum atomic E-state index is 14.5. The number of esters is 1. The van der Waals surface area contributed by atoms with Gasteiger partial charge in [-0.15, -0.1) is 0 Å². The molecule has 2 rings (SSSR count). The maximum Gasteiger partial charge on any atom is 0.416 e. The minimum Gasteiger partial charge on any atom is -0.457 e. The Labute approximate surface area is 160 Å². The zero-order chi connectivity index (χ0) is 20.9.